The van der Waals surface area contributed by atoms with Crippen molar-refractivity contribution < 1.29 is 27.1 Å². The van der Waals surface area contributed by atoms with Crippen LogP contribution in [0.4, 0.5) is 17.6 Å². The van der Waals surface area contributed by atoms with E-state index in [2.05, 4.69) is 4.72 Å². The van der Waals surface area contributed by atoms with Crippen molar-refractivity contribution in [1.29, 1.82) is 0 Å². The van der Waals surface area contributed by atoms with E-state index in [1.54, 1.807) is 30.5 Å². The molecule has 0 radical (unpaired) electrons. The normalized spacial score (nSPS) is 25.0. The Kier molecular flexibility index (Phi) is 6.90. The van der Waals surface area contributed by atoms with E-state index in [1.807, 2.05) is 0 Å². The van der Waals surface area contributed by atoms with Crippen molar-refractivity contribution in [2.75, 3.05) is 26.0 Å². The molecule has 9 heteroatoms. The van der Waals surface area contributed by atoms with Crippen molar-refractivity contribution in [1.82, 2.24) is 9.62 Å². The van der Waals surface area contributed by atoms with Crippen molar-refractivity contribution in [2.45, 2.75) is 37.0 Å². The summed E-state index contributed by atoms with van der Waals surface area (Å²) in [7, 11) is 0. The number of carbonyl (C=O) groups excluding carboxylic acids is 1. The Bertz CT molecular complexity index is 966. The number of alkyl halides is 2. The van der Waals surface area contributed by atoms with Gasteiger partial charge in [0.15, 0.2) is 5.78 Å². The Balaban J connectivity index is 1.59. The van der Waals surface area contributed by atoms with E-state index >= 15 is 0 Å². The molecule has 0 bridgehead atoms. The number of halogens is 4. The first-order valence-electron chi connectivity index (χ1n) is 10.4. The Labute approximate surface area is 188 Å². The van der Waals surface area contributed by atoms with Gasteiger partial charge in [-0.25, -0.2) is 17.6 Å². The molecule has 0 aromatic heterocycles. The molecule has 0 spiro atoms. The van der Waals surface area contributed by atoms with E-state index in [1.165, 1.54) is 17.0 Å². The maximum atomic E-state index is 14.8. The Morgan fingerprint density at radius 2 is 1.91 bits per heavy atom. The fourth-order valence-corrected chi connectivity index (χ4v) is 4.91. The van der Waals surface area contributed by atoms with E-state index in [0.717, 1.165) is 23.6 Å². The van der Waals surface area contributed by atoms with E-state index in [0.29, 0.717) is 24.2 Å². The predicted molar refractivity (Wildman–Crippen MR) is 116 cm³/mol. The van der Waals surface area contributed by atoms with Gasteiger partial charge in [0.1, 0.15) is 17.7 Å². The molecule has 2 fully saturated rings. The molecular formula is C23H24F4N2O2S. The van der Waals surface area contributed by atoms with Crippen molar-refractivity contribution in [2.24, 2.45) is 0 Å². The van der Waals surface area contributed by atoms with Gasteiger partial charge in [-0.15, -0.1) is 0 Å². The molecule has 0 amide bonds. The lowest BCUT2D eigenvalue weighted by Crippen LogP contribution is -2.49. The number of hydrogen-bond donors (Lipinski definition) is 1. The van der Waals surface area contributed by atoms with Crippen LogP contribution >= 0.6 is 11.9 Å². The van der Waals surface area contributed by atoms with E-state index in [9.17, 15) is 22.4 Å². The van der Waals surface area contributed by atoms with Crippen LogP contribution < -0.4 is 4.72 Å². The lowest BCUT2D eigenvalue weighted by atomic mass is 9.96. The summed E-state index contributed by atoms with van der Waals surface area (Å²) < 4.78 is 65.0. The Morgan fingerprint density at radius 1 is 1.19 bits per heavy atom. The number of nitrogens with zero attached hydrogens (tertiary/aromatic N) is 1. The first-order valence-corrected chi connectivity index (χ1v) is 11.6. The summed E-state index contributed by atoms with van der Waals surface area (Å²) in [5, 5.41) is 0. The van der Waals surface area contributed by atoms with Gasteiger partial charge in [-0.1, -0.05) is 36.2 Å². The van der Waals surface area contributed by atoms with E-state index < -0.39 is 42.3 Å². The second kappa shape index (κ2) is 9.51. The highest BCUT2D eigenvalue weighted by Gasteiger charge is 2.54. The third-order valence-electron chi connectivity index (χ3n) is 5.95. The van der Waals surface area contributed by atoms with Crippen LogP contribution in [0, 0.1) is 11.6 Å². The SMILES string of the molecule is CSNC1C(Cc2cccc(-c3cc(F)cc(F)c3)c2)N(CC(=O)C2CCO2)CC1(F)F. The van der Waals surface area contributed by atoms with Crippen molar-refractivity contribution in [3.63, 3.8) is 0 Å². The monoisotopic (exact) mass is 468 g/mol. The number of Topliss-reactive ketones (excluding diaryl/α,β-unsaturated/α-hetero) is 1. The molecule has 3 atom stereocenters. The van der Waals surface area contributed by atoms with Crippen LogP contribution in [0.2, 0.25) is 0 Å². The molecule has 3 unspecified atom stereocenters. The number of benzene rings is 2. The van der Waals surface area contributed by atoms with Crippen LogP contribution in [-0.2, 0) is 16.0 Å². The van der Waals surface area contributed by atoms with Crippen LogP contribution in [0.1, 0.15) is 12.0 Å². The standard InChI is InChI=1S/C23H24F4N2O2S/c1-32-28-22-19(29(13-23(22,26)27)12-20(30)21-5-6-31-21)8-14-3-2-4-15(7-14)16-9-17(24)11-18(25)10-16/h2-4,7,9-11,19,21-22,28H,5-6,8,12-13H2,1H3. The Hall–Kier alpha value is -1.94. The van der Waals surface area contributed by atoms with Crippen LogP contribution in [0.5, 0.6) is 0 Å². The fourth-order valence-electron chi connectivity index (χ4n) is 4.32. The highest BCUT2D eigenvalue weighted by atomic mass is 32.2. The molecule has 0 saturated carbocycles. The molecule has 2 aliphatic heterocycles. The lowest BCUT2D eigenvalue weighted by molar-refractivity contribution is -0.144. The van der Waals surface area contributed by atoms with Crippen LogP contribution in [0.3, 0.4) is 0 Å². The molecule has 32 heavy (non-hydrogen) atoms. The summed E-state index contributed by atoms with van der Waals surface area (Å²) in [6.45, 7) is -0.116. The van der Waals surface area contributed by atoms with Crippen LogP contribution in [-0.4, -0.2) is 60.7 Å². The molecule has 2 aromatic carbocycles. The third kappa shape index (κ3) is 5.01. The second-order valence-corrected chi connectivity index (χ2v) is 8.85. The first kappa shape index (κ1) is 23.2. The van der Waals surface area contributed by atoms with Crippen molar-refractivity contribution in [3.8, 4) is 11.1 Å². The van der Waals surface area contributed by atoms with Gasteiger partial charge in [0.25, 0.3) is 5.92 Å². The average molecular weight is 469 g/mol. The summed E-state index contributed by atoms with van der Waals surface area (Å²) in [5.41, 5.74) is 1.69. The second-order valence-electron chi connectivity index (χ2n) is 8.21. The maximum absolute atomic E-state index is 14.8. The minimum atomic E-state index is -3.02. The summed E-state index contributed by atoms with van der Waals surface area (Å²) >= 11 is 1.11. The zero-order valence-corrected chi connectivity index (χ0v) is 18.3. The van der Waals surface area contributed by atoms with Crippen molar-refractivity contribution >= 4 is 17.7 Å². The number of ether oxygens (including phenoxy) is 1. The number of likely N-dealkylation sites (tertiary alicyclic amines) is 1. The smallest absolute Gasteiger partial charge is 0.277 e. The van der Waals surface area contributed by atoms with Gasteiger partial charge in [0.05, 0.1) is 25.7 Å². The number of nitrogens with one attached hydrogen (secondary N) is 1. The van der Waals surface area contributed by atoms with Gasteiger partial charge < -0.3 is 4.74 Å². The van der Waals surface area contributed by atoms with Gasteiger partial charge in [-0.05, 0) is 41.5 Å². The van der Waals surface area contributed by atoms with Crippen LogP contribution in [0.25, 0.3) is 11.1 Å². The highest BCUT2D eigenvalue weighted by molar-refractivity contribution is 7.96. The molecular weight excluding hydrogens is 444 g/mol. The molecule has 2 heterocycles. The molecule has 2 aliphatic rings. The first-order chi connectivity index (χ1) is 15.3. The number of hydrogen-bond acceptors (Lipinski definition) is 5. The zero-order valence-electron chi connectivity index (χ0n) is 17.5. The minimum absolute atomic E-state index is 0.105. The predicted octanol–water partition coefficient (Wildman–Crippen LogP) is 4.09. The highest BCUT2D eigenvalue weighted by Crippen LogP contribution is 2.36. The number of carbonyl (C=O) groups is 1. The van der Waals surface area contributed by atoms with Crippen molar-refractivity contribution in [3.05, 3.63) is 59.7 Å². The van der Waals surface area contributed by atoms with Gasteiger partial charge >= 0.3 is 0 Å². The minimum Gasteiger partial charge on any atom is -0.370 e. The summed E-state index contributed by atoms with van der Waals surface area (Å²) in [6, 6.07) is 8.46. The third-order valence-corrected chi connectivity index (χ3v) is 6.44. The summed E-state index contributed by atoms with van der Waals surface area (Å²) in [6.07, 6.45) is 2.04. The van der Waals surface area contributed by atoms with E-state index in [-0.39, 0.29) is 18.7 Å². The molecule has 2 aromatic rings. The fraction of sp³-hybridized carbons (Fsp3) is 0.435. The lowest BCUT2D eigenvalue weighted by Gasteiger charge is -2.31. The molecule has 4 nitrogen and oxygen atoms in total. The molecule has 2 saturated heterocycles. The maximum Gasteiger partial charge on any atom is 0.277 e. The number of ketones is 1. The zero-order chi connectivity index (χ0) is 22.9. The molecule has 0 aliphatic carbocycles. The van der Waals surface area contributed by atoms with E-state index in [4.69, 9.17) is 4.74 Å². The largest absolute Gasteiger partial charge is 0.370 e. The van der Waals surface area contributed by atoms with Crippen LogP contribution in [0.15, 0.2) is 42.5 Å². The van der Waals surface area contributed by atoms with Gasteiger partial charge in [-0.2, -0.15) is 0 Å². The van der Waals surface area contributed by atoms with Gasteiger partial charge in [-0.3, -0.25) is 14.4 Å². The van der Waals surface area contributed by atoms with Gasteiger partial charge in [0.2, 0.25) is 0 Å². The summed E-state index contributed by atoms with van der Waals surface area (Å²) in [5.74, 6) is -4.58. The summed E-state index contributed by atoms with van der Waals surface area (Å²) in [4.78, 5) is 14.0. The van der Waals surface area contributed by atoms with Gasteiger partial charge in [0, 0.05) is 18.5 Å². The average Bonchev–Trinajstić information content (AvgIpc) is 2.90. The molecule has 4 rings (SSSR count). The molecule has 172 valence electrons. The Morgan fingerprint density at radius 3 is 2.53 bits per heavy atom. The quantitative estimate of drug-likeness (QED) is 0.467. The topological polar surface area (TPSA) is 41.6 Å². The number of rotatable bonds is 8. The molecule has 1 N–H and O–H groups in total.